The molecule has 0 aromatic heterocycles. The van der Waals surface area contributed by atoms with Crippen LogP contribution in [-0.4, -0.2) is 51.6 Å². The number of hydrogen-bond acceptors (Lipinski definition) is 4. The predicted octanol–water partition coefficient (Wildman–Crippen LogP) is 2.38. The fourth-order valence-corrected chi connectivity index (χ4v) is 2.86. The molecule has 0 amide bonds. The standard InChI is InChI=1S/C15H26N2OS/c1-13-11-14(12-16-7-9-18-4)5-6-15(13)19-10-8-17(2)3/h5-6,11,16H,7-10,12H2,1-4H3. The molecule has 0 bridgehead atoms. The first-order valence-corrected chi connectivity index (χ1v) is 7.68. The Bertz CT molecular complexity index is 369. The number of ether oxygens (including phenoxy) is 1. The van der Waals surface area contributed by atoms with Crippen LogP contribution in [0, 0.1) is 6.92 Å². The van der Waals surface area contributed by atoms with Gasteiger partial charge >= 0.3 is 0 Å². The van der Waals surface area contributed by atoms with Crippen LogP contribution < -0.4 is 5.32 Å². The Morgan fingerprint density at radius 3 is 2.74 bits per heavy atom. The van der Waals surface area contributed by atoms with E-state index in [1.54, 1.807) is 7.11 Å². The van der Waals surface area contributed by atoms with Crippen molar-refractivity contribution in [1.29, 1.82) is 0 Å². The molecule has 19 heavy (non-hydrogen) atoms. The zero-order valence-corrected chi connectivity index (χ0v) is 13.3. The average Bonchev–Trinajstić information content (AvgIpc) is 2.37. The van der Waals surface area contributed by atoms with Crippen molar-refractivity contribution in [3.8, 4) is 0 Å². The number of nitrogens with one attached hydrogen (secondary N) is 1. The van der Waals surface area contributed by atoms with Crippen LogP contribution in [0.4, 0.5) is 0 Å². The van der Waals surface area contributed by atoms with Crippen molar-refractivity contribution in [2.45, 2.75) is 18.4 Å². The lowest BCUT2D eigenvalue weighted by Gasteiger charge is -2.11. The van der Waals surface area contributed by atoms with E-state index in [0.29, 0.717) is 0 Å². The second-order valence-electron chi connectivity index (χ2n) is 4.92. The lowest BCUT2D eigenvalue weighted by Crippen LogP contribution is -2.18. The van der Waals surface area contributed by atoms with Crippen molar-refractivity contribution >= 4 is 11.8 Å². The van der Waals surface area contributed by atoms with Crippen LogP contribution in [0.2, 0.25) is 0 Å². The quantitative estimate of drug-likeness (QED) is 0.555. The maximum atomic E-state index is 5.02. The van der Waals surface area contributed by atoms with E-state index in [2.05, 4.69) is 49.4 Å². The summed E-state index contributed by atoms with van der Waals surface area (Å²) in [7, 11) is 5.95. The minimum absolute atomic E-state index is 0.761. The molecule has 0 saturated heterocycles. The molecule has 3 nitrogen and oxygen atoms in total. The van der Waals surface area contributed by atoms with E-state index in [-0.39, 0.29) is 0 Å². The Balaban J connectivity index is 2.40. The van der Waals surface area contributed by atoms with Crippen LogP contribution in [0.25, 0.3) is 0 Å². The third kappa shape index (κ3) is 6.97. The maximum Gasteiger partial charge on any atom is 0.0587 e. The first-order valence-electron chi connectivity index (χ1n) is 6.70. The van der Waals surface area contributed by atoms with Gasteiger partial charge in [-0.05, 0) is 38.2 Å². The third-order valence-electron chi connectivity index (χ3n) is 2.85. The molecule has 0 heterocycles. The summed E-state index contributed by atoms with van der Waals surface area (Å²) in [5.41, 5.74) is 2.71. The van der Waals surface area contributed by atoms with Gasteiger partial charge in [-0.3, -0.25) is 0 Å². The second kappa shape index (κ2) is 9.37. The molecule has 0 saturated carbocycles. The van der Waals surface area contributed by atoms with Crippen LogP contribution in [-0.2, 0) is 11.3 Å². The Hall–Kier alpha value is -0.550. The number of benzene rings is 1. The predicted molar refractivity (Wildman–Crippen MR) is 84.0 cm³/mol. The van der Waals surface area contributed by atoms with Crippen molar-refractivity contribution in [3.63, 3.8) is 0 Å². The van der Waals surface area contributed by atoms with Gasteiger partial charge in [0.1, 0.15) is 0 Å². The van der Waals surface area contributed by atoms with Crippen LogP contribution in [0.1, 0.15) is 11.1 Å². The smallest absolute Gasteiger partial charge is 0.0587 e. The highest BCUT2D eigenvalue weighted by Gasteiger charge is 2.01. The molecule has 0 fully saturated rings. The number of rotatable bonds is 9. The molecular weight excluding hydrogens is 256 g/mol. The first-order chi connectivity index (χ1) is 9.13. The van der Waals surface area contributed by atoms with Gasteiger partial charge in [0.2, 0.25) is 0 Å². The summed E-state index contributed by atoms with van der Waals surface area (Å²) < 4.78 is 5.02. The summed E-state index contributed by atoms with van der Waals surface area (Å²) in [5, 5.41) is 3.37. The molecule has 1 aromatic carbocycles. The molecule has 1 N–H and O–H groups in total. The van der Waals surface area contributed by atoms with Crippen molar-refractivity contribution in [2.75, 3.05) is 46.7 Å². The lowest BCUT2D eigenvalue weighted by atomic mass is 10.1. The van der Waals surface area contributed by atoms with Crippen LogP contribution in [0.5, 0.6) is 0 Å². The summed E-state index contributed by atoms with van der Waals surface area (Å²) in [4.78, 5) is 3.61. The van der Waals surface area contributed by atoms with E-state index in [1.165, 1.54) is 16.0 Å². The van der Waals surface area contributed by atoms with E-state index in [1.807, 2.05) is 11.8 Å². The molecular formula is C15H26N2OS. The largest absolute Gasteiger partial charge is 0.383 e. The highest BCUT2D eigenvalue weighted by Crippen LogP contribution is 2.23. The summed E-state index contributed by atoms with van der Waals surface area (Å²) in [5.74, 6) is 1.14. The Kier molecular flexibility index (Phi) is 8.14. The molecule has 1 aromatic rings. The van der Waals surface area contributed by atoms with Gasteiger partial charge in [-0.1, -0.05) is 12.1 Å². The van der Waals surface area contributed by atoms with Crippen molar-refractivity contribution < 1.29 is 4.74 Å². The Morgan fingerprint density at radius 1 is 1.32 bits per heavy atom. The van der Waals surface area contributed by atoms with Gasteiger partial charge in [-0.2, -0.15) is 0 Å². The average molecular weight is 282 g/mol. The third-order valence-corrected chi connectivity index (χ3v) is 4.00. The van der Waals surface area contributed by atoms with E-state index in [4.69, 9.17) is 4.74 Å². The van der Waals surface area contributed by atoms with Crippen LogP contribution >= 0.6 is 11.8 Å². The van der Waals surface area contributed by atoms with Crippen molar-refractivity contribution in [1.82, 2.24) is 10.2 Å². The number of thioether (sulfide) groups is 1. The molecule has 0 unspecified atom stereocenters. The van der Waals surface area contributed by atoms with Crippen molar-refractivity contribution in [3.05, 3.63) is 29.3 Å². The second-order valence-corrected chi connectivity index (χ2v) is 6.06. The fourth-order valence-electron chi connectivity index (χ4n) is 1.73. The van der Waals surface area contributed by atoms with Gasteiger partial charge in [0.05, 0.1) is 6.61 Å². The Morgan fingerprint density at radius 2 is 2.11 bits per heavy atom. The molecule has 108 valence electrons. The first kappa shape index (κ1) is 16.5. The number of hydrogen-bond donors (Lipinski definition) is 1. The maximum absolute atomic E-state index is 5.02. The van der Waals surface area contributed by atoms with Gasteiger partial charge in [0.15, 0.2) is 0 Å². The van der Waals surface area contributed by atoms with Gasteiger partial charge in [-0.15, -0.1) is 11.8 Å². The molecule has 0 radical (unpaired) electrons. The molecule has 0 atom stereocenters. The SMILES string of the molecule is COCCNCc1ccc(SCCN(C)C)c(C)c1. The van der Waals surface area contributed by atoms with E-state index in [0.717, 1.165) is 32.0 Å². The zero-order valence-electron chi connectivity index (χ0n) is 12.5. The van der Waals surface area contributed by atoms with Crippen molar-refractivity contribution in [2.24, 2.45) is 0 Å². The highest BCUT2D eigenvalue weighted by atomic mass is 32.2. The molecule has 0 aliphatic rings. The summed E-state index contributed by atoms with van der Waals surface area (Å²) in [6, 6.07) is 6.73. The topological polar surface area (TPSA) is 24.5 Å². The molecule has 0 aliphatic heterocycles. The summed E-state index contributed by atoms with van der Waals surface area (Å²) in [6.07, 6.45) is 0. The van der Waals surface area contributed by atoms with Gasteiger partial charge < -0.3 is 15.0 Å². The summed E-state index contributed by atoms with van der Waals surface area (Å²) >= 11 is 1.93. The Labute approximate surface area is 121 Å². The number of methoxy groups -OCH3 is 1. The summed E-state index contributed by atoms with van der Waals surface area (Å²) in [6.45, 7) is 5.88. The lowest BCUT2D eigenvalue weighted by molar-refractivity contribution is 0.199. The van der Waals surface area contributed by atoms with Gasteiger partial charge in [-0.25, -0.2) is 0 Å². The fraction of sp³-hybridized carbons (Fsp3) is 0.600. The van der Waals surface area contributed by atoms with E-state index >= 15 is 0 Å². The molecule has 0 aliphatic carbocycles. The van der Waals surface area contributed by atoms with E-state index < -0.39 is 0 Å². The van der Waals surface area contributed by atoms with Gasteiger partial charge in [0.25, 0.3) is 0 Å². The monoisotopic (exact) mass is 282 g/mol. The number of nitrogens with zero attached hydrogens (tertiary/aromatic N) is 1. The van der Waals surface area contributed by atoms with Crippen LogP contribution in [0.15, 0.2) is 23.1 Å². The molecule has 0 spiro atoms. The number of aryl methyl sites for hydroxylation is 1. The van der Waals surface area contributed by atoms with Crippen LogP contribution in [0.3, 0.4) is 0 Å². The zero-order chi connectivity index (χ0) is 14.1. The minimum atomic E-state index is 0.761. The van der Waals surface area contributed by atoms with Gasteiger partial charge in [0, 0.05) is 37.4 Å². The highest BCUT2D eigenvalue weighted by molar-refractivity contribution is 7.99. The minimum Gasteiger partial charge on any atom is -0.383 e. The normalized spacial score (nSPS) is 11.2. The molecule has 1 rings (SSSR count). The molecule has 4 heteroatoms. The van der Waals surface area contributed by atoms with E-state index in [9.17, 15) is 0 Å².